The Morgan fingerprint density at radius 1 is 1.19 bits per heavy atom. The van der Waals surface area contributed by atoms with Gasteiger partial charge in [-0.15, -0.1) is 24.2 Å². The Morgan fingerprint density at radius 3 is 2.19 bits per heavy atom. The van der Waals surface area contributed by atoms with E-state index >= 15 is 0 Å². The van der Waals surface area contributed by atoms with Gasteiger partial charge in [0.15, 0.2) is 11.5 Å². The van der Waals surface area contributed by atoms with Crippen molar-refractivity contribution in [2.75, 3.05) is 27.5 Å². The van der Waals surface area contributed by atoms with Gasteiger partial charge in [0.1, 0.15) is 0 Å². The van der Waals surface area contributed by atoms with Crippen LogP contribution in [0.2, 0.25) is 0 Å². The van der Waals surface area contributed by atoms with E-state index in [1.807, 2.05) is 19.2 Å². The number of hydrogen-bond donors (Lipinski definition) is 1. The number of methoxy groups -OCH3 is 2. The number of halogens is 1. The fraction of sp³-hybridized carbons (Fsp3) is 0.455. The highest BCUT2D eigenvalue weighted by Gasteiger charge is 2.09. The number of ether oxygens (including phenoxy) is 2. The summed E-state index contributed by atoms with van der Waals surface area (Å²) < 4.78 is 10.5. The summed E-state index contributed by atoms with van der Waals surface area (Å²) in [6.45, 7) is 0.830. The van der Waals surface area contributed by atoms with Gasteiger partial charge in [-0.05, 0) is 31.0 Å². The topological polar surface area (TPSA) is 30.5 Å². The molecular formula is C11H18ClNO2S. The zero-order valence-electron chi connectivity index (χ0n) is 9.99. The molecule has 0 radical (unpaired) electrons. The normalized spacial score (nSPS) is 9.50. The van der Waals surface area contributed by atoms with Crippen LogP contribution in [0.4, 0.5) is 0 Å². The first-order chi connectivity index (χ1) is 7.26. The van der Waals surface area contributed by atoms with Crippen molar-refractivity contribution in [2.45, 2.75) is 11.4 Å². The third kappa shape index (κ3) is 3.47. The van der Waals surface area contributed by atoms with E-state index in [1.54, 1.807) is 26.0 Å². The molecule has 0 saturated heterocycles. The summed E-state index contributed by atoms with van der Waals surface area (Å²) >= 11 is 1.71. The summed E-state index contributed by atoms with van der Waals surface area (Å²) in [6, 6.07) is 4.03. The lowest BCUT2D eigenvalue weighted by atomic mass is 10.2. The van der Waals surface area contributed by atoms with Crippen molar-refractivity contribution < 1.29 is 9.47 Å². The fourth-order valence-electron chi connectivity index (χ4n) is 1.42. The molecule has 0 aliphatic carbocycles. The maximum absolute atomic E-state index is 5.26. The minimum absolute atomic E-state index is 0. The zero-order chi connectivity index (χ0) is 11.3. The lowest BCUT2D eigenvalue weighted by Gasteiger charge is -2.13. The maximum atomic E-state index is 5.26. The van der Waals surface area contributed by atoms with Crippen molar-refractivity contribution in [3.63, 3.8) is 0 Å². The summed E-state index contributed by atoms with van der Waals surface area (Å²) in [6.07, 6.45) is 2.06. The molecular weight excluding hydrogens is 246 g/mol. The lowest BCUT2D eigenvalue weighted by molar-refractivity contribution is 0.353. The molecule has 0 atom stereocenters. The third-order valence-corrected chi connectivity index (χ3v) is 2.97. The highest BCUT2D eigenvalue weighted by Crippen LogP contribution is 2.34. The van der Waals surface area contributed by atoms with E-state index in [2.05, 4.69) is 11.6 Å². The predicted octanol–water partition coefficient (Wildman–Crippen LogP) is 2.57. The standard InChI is InChI=1S/C11H17NO2S.ClH/c1-12-7-8-5-9(13-2)10(14-3)6-11(8)15-4;/h5-6,12H,7H2,1-4H3;1H. The van der Waals surface area contributed by atoms with Crippen LogP contribution in [0.5, 0.6) is 11.5 Å². The summed E-state index contributed by atoms with van der Waals surface area (Å²) in [5, 5.41) is 3.14. The zero-order valence-corrected chi connectivity index (χ0v) is 11.6. The maximum Gasteiger partial charge on any atom is 0.161 e. The van der Waals surface area contributed by atoms with Crippen molar-refractivity contribution in [1.82, 2.24) is 5.32 Å². The molecule has 1 N–H and O–H groups in total. The van der Waals surface area contributed by atoms with E-state index in [-0.39, 0.29) is 12.4 Å². The molecule has 0 spiro atoms. The minimum Gasteiger partial charge on any atom is -0.493 e. The molecule has 3 nitrogen and oxygen atoms in total. The van der Waals surface area contributed by atoms with Crippen LogP contribution >= 0.6 is 24.2 Å². The largest absolute Gasteiger partial charge is 0.493 e. The SMILES string of the molecule is CNCc1cc(OC)c(OC)cc1SC.Cl. The smallest absolute Gasteiger partial charge is 0.161 e. The average Bonchev–Trinajstić information content (AvgIpc) is 2.28. The van der Waals surface area contributed by atoms with Crippen LogP contribution in [0.25, 0.3) is 0 Å². The van der Waals surface area contributed by atoms with E-state index in [0.29, 0.717) is 0 Å². The molecule has 0 bridgehead atoms. The van der Waals surface area contributed by atoms with Crippen molar-refractivity contribution in [3.8, 4) is 11.5 Å². The van der Waals surface area contributed by atoms with Gasteiger partial charge in [0.25, 0.3) is 0 Å². The highest BCUT2D eigenvalue weighted by atomic mass is 35.5. The Labute approximate surface area is 107 Å². The molecule has 0 aliphatic heterocycles. The van der Waals surface area contributed by atoms with Gasteiger partial charge in [-0.3, -0.25) is 0 Å². The minimum atomic E-state index is 0. The predicted molar refractivity (Wildman–Crippen MR) is 71.3 cm³/mol. The van der Waals surface area contributed by atoms with Gasteiger partial charge in [-0.1, -0.05) is 0 Å². The quantitative estimate of drug-likeness (QED) is 0.828. The lowest BCUT2D eigenvalue weighted by Crippen LogP contribution is -2.06. The summed E-state index contributed by atoms with van der Waals surface area (Å²) in [5.74, 6) is 1.56. The van der Waals surface area contributed by atoms with Gasteiger partial charge in [0.2, 0.25) is 0 Å². The van der Waals surface area contributed by atoms with Crippen molar-refractivity contribution in [2.24, 2.45) is 0 Å². The number of thioether (sulfide) groups is 1. The summed E-state index contributed by atoms with van der Waals surface area (Å²) in [7, 11) is 5.24. The third-order valence-electron chi connectivity index (χ3n) is 2.15. The molecule has 0 aliphatic rings. The van der Waals surface area contributed by atoms with Gasteiger partial charge in [-0.25, -0.2) is 0 Å². The van der Waals surface area contributed by atoms with Crippen LogP contribution in [0.3, 0.4) is 0 Å². The number of rotatable bonds is 5. The summed E-state index contributed by atoms with van der Waals surface area (Å²) in [5.41, 5.74) is 1.22. The molecule has 0 amide bonds. The first kappa shape index (κ1) is 15.4. The highest BCUT2D eigenvalue weighted by molar-refractivity contribution is 7.98. The second-order valence-corrected chi connectivity index (χ2v) is 3.90. The Morgan fingerprint density at radius 2 is 1.75 bits per heavy atom. The van der Waals surface area contributed by atoms with Crippen LogP contribution in [0, 0.1) is 0 Å². The Bertz CT molecular complexity index is 334. The van der Waals surface area contributed by atoms with Gasteiger partial charge < -0.3 is 14.8 Å². The number of benzene rings is 1. The molecule has 0 unspecified atom stereocenters. The van der Waals surface area contributed by atoms with Crippen LogP contribution in [-0.4, -0.2) is 27.5 Å². The molecule has 0 heterocycles. The van der Waals surface area contributed by atoms with Gasteiger partial charge in [0, 0.05) is 11.4 Å². The van der Waals surface area contributed by atoms with E-state index in [0.717, 1.165) is 18.0 Å². The second kappa shape index (κ2) is 7.65. The second-order valence-electron chi connectivity index (χ2n) is 3.05. The number of nitrogens with one attached hydrogen (secondary N) is 1. The molecule has 92 valence electrons. The van der Waals surface area contributed by atoms with Crippen molar-refractivity contribution in [3.05, 3.63) is 17.7 Å². The van der Waals surface area contributed by atoms with Crippen LogP contribution in [0.1, 0.15) is 5.56 Å². The van der Waals surface area contributed by atoms with Crippen LogP contribution < -0.4 is 14.8 Å². The molecule has 5 heteroatoms. The molecule has 0 aromatic heterocycles. The molecule has 1 aromatic rings. The van der Waals surface area contributed by atoms with E-state index in [1.165, 1.54) is 10.5 Å². The van der Waals surface area contributed by atoms with Gasteiger partial charge in [0.05, 0.1) is 14.2 Å². The van der Waals surface area contributed by atoms with Crippen LogP contribution in [-0.2, 0) is 6.54 Å². The van der Waals surface area contributed by atoms with Gasteiger partial charge >= 0.3 is 0 Å². The first-order valence-electron chi connectivity index (χ1n) is 4.70. The van der Waals surface area contributed by atoms with Crippen molar-refractivity contribution >= 4 is 24.2 Å². The molecule has 16 heavy (non-hydrogen) atoms. The first-order valence-corrected chi connectivity index (χ1v) is 5.92. The molecule has 1 rings (SSSR count). The molecule has 0 saturated carbocycles. The Kier molecular flexibility index (Phi) is 7.38. The Balaban J connectivity index is 0.00000225. The summed E-state index contributed by atoms with van der Waals surface area (Å²) in [4.78, 5) is 1.21. The Hall–Kier alpha value is -0.580. The van der Waals surface area contributed by atoms with E-state index < -0.39 is 0 Å². The fourth-order valence-corrected chi connectivity index (χ4v) is 2.04. The van der Waals surface area contributed by atoms with Crippen LogP contribution in [0.15, 0.2) is 17.0 Å². The van der Waals surface area contributed by atoms with E-state index in [9.17, 15) is 0 Å². The number of hydrogen-bond acceptors (Lipinski definition) is 4. The van der Waals surface area contributed by atoms with E-state index in [4.69, 9.17) is 9.47 Å². The molecule has 1 aromatic carbocycles. The average molecular weight is 264 g/mol. The van der Waals surface area contributed by atoms with Gasteiger partial charge in [-0.2, -0.15) is 0 Å². The van der Waals surface area contributed by atoms with Crippen molar-refractivity contribution in [1.29, 1.82) is 0 Å². The monoisotopic (exact) mass is 263 g/mol. The molecule has 0 fully saturated rings.